The van der Waals surface area contributed by atoms with Crippen molar-refractivity contribution >= 4 is 27.7 Å². The third-order valence-corrected chi connectivity index (χ3v) is 8.01. The number of hydrogen-bond acceptors (Lipinski definition) is 7. The van der Waals surface area contributed by atoms with Crippen molar-refractivity contribution in [1.82, 2.24) is 9.21 Å². The molecule has 1 aliphatic heterocycles. The van der Waals surface area contributed by atoms with Crippen LogP contribution in [0, 0.1) is 13.8 Å². The summed E-state index contributed by atoms with van der Waals surface area (Å²) >= 11 is 0. The molecule has 3 rings (SSSR count). The van der Waals surface area contributed by atoms with Crippen LogP contribution in [0.25, 0.3) is 0 Å². The summed E-state index contributed by atoms with van der Waals surface area (Å²) in [5, 5.41) is 0. The first-order valence-corrected chi connectivity index (χ1v) is 13.3. The molecule has 1 fully saturated rings. The molecule has 1 aliphatic rings. The highest BCUT2D eigenvalue weighted by atomic mass is 32.2. The minimum absolute atomic E-state index is 0.0249. The van der Waals surface area contributed by atoms with Crippen molar-refractivity contribution in [1.29, 1.82) is 0 Å². The number of aryl methyl sites for hydroxylation is 2. The van der Waals surface area contributed by atoms with Crippen LogP contribution < -0.4 is 4.74 Å². The average molecular weight is 517 g/mol. The van der Waals surface area contributed by atoms with Gasteiger partial charge in [-0.25, -0.2) is 8.42 Å². The molecule has 0 aromatic heterocycles. The minimum atomic E-state index is -3.64. The fraction of sp³-hybridized carbons (Fsp3) is 0.423. The maximum absolute atomic E-state index is 13.0. The smallest absolute Gasteiger partial charge is 0.306 e. The number of hydrogen-bond donors (Lipinski definition) is 0. The number of Topliss-reactive ketones (excluding diaryl/α,β-unsaturated/α-hetero) is 1. The maximum Gasteiger partial charge on any atom is 0.306 e. The van der Waals surface area contributed by atoms with Gasteiger partial charge in [-0.15, -0.1) is 0 Å². The first-order chi connectivity index (χ1) is 17.1. The van der Waals surface area contributed by atoms with Gasteiger partial charge in [-0.2, -0.15) is 4.31 Å². The third-order valence-electron chi connectivity index (χ3n) is 5.95. The topological polar surface area (TPSA) is 110 Å². The minimum Gasteiger partial charge on any atom is -0.494 e. The van der Waals surface area contributed by atoms with Gasteiger partial charge in [0.15, 0.2) is 12.4 Å². The second-order valence-electron chi connectivity index (χ2n) is 8.75. The SMILES string of the molecule is CC(=O)c1ccc(OCCCC(=O)OCC(=O)N2CCN(S(=O)(=O)c3ccc(C)cc3C)CC2)cc1. The van der Waals surface area contributed by atoms with E-state index < -0.39 is 16.0 Å². The van der Waals surface area contributed by atoms with Crippen molar-refractivity contribution in [3.05, 3.63) is 59.2 Å². The second kappa shape index (κ2) is 12.1. The summed E-state index contributed by atoms with van der Waals surface area (Å²) in [6.45, 7) is 5.91. The van der Waals surface area contributed by atoms with Crippen LogP contribution in [0.15, 0.2) is 47.4 Å². The molecular formula is C26H32N2O7S. The van der Waals surface area contributed by atoms with Gasteiger partial charge in [-0.1, -0.05) is 17.7 Å². The summed E-state index contributed by atoms with van der Waals surface area (Å²) in [6.07, 6.45) is 0.511. The van der Waals surface area contributed by atoms with Crippen LogP contribution in [0.1, 0.15) is 41.3 Å². The number of nitrogens with zero attached hydrogens (tertiary/aromatic N) is 2. The molecule has 2 aromatic carbocycles. The Bertz CT molecular complexity index is 1200. The Hall–Kier alpha value is -3.24. The van der Waals surface area contributed by atoms with Gasteiger partial charge < -0.3 is 14.4 Å². The molecule has 1 heterocycles. The van der Waals surface area contributed by atoms with Crippen molar-refractivity contribution in [3.63, 3.8) is 0 Å². The van der Waals surface area contributed by atoms with Crippen molar-refractivity contribution in [3.8, 4) is 5.75 Å². The van der Waals surface area contributed by atoms with Crippen LogP contribution in [0.2, 0.25) is 0 Å². The Morgan fingerprint density at radius 2 is 1.61 bits per heavy atom. The number of piperazine rings is 1. The molecule has 0 aliphatic carbocycles. The van der Waals surface area contributed by atoms with Gasteiger partial charge >= 0.3 is 5.97 Å². The zero-order chi connectivity index (χ0) is 26.3. The maximum atomic E-state index is 13.0. The van der Waals surface area contributed by atoms with Gasteiger partial charge in [-0.05, 0) is 63.1 Å². The van der Waals surface area contributed by atoms with E-state index in [1.165, 1.54) is 16.1 Å². The van der Waals surface area contributed by atoms with Gasteiger partial charge in [0.1, 0.15) is 5.75 Å². The van der Waals surface area contributed by atoms with E-state index in [1.807, 2.05) is 13.0 Å². The van der Waals surface area contributed by atoms with E-state index in [4.69, 9.17) is 9.47 Å². The van der Waals surface area contributed by atoms with Crippen LogP contribution in [0.4, 0.5) is 0 Å². The summed E-state index contributed by atoms with van der Waals surface area (Å²) in [7, 11) is -3.64. The van der Waals surface area contributed by atoms with Gasteiger partial charge in [0.25, 0.3) is 5.91 Å². The Kier molecular flexibility index (Phi) is 9.22. The molecule has 0 N–H and O–H groups in total. The van der Waals surface area contributed by atoms with Gasteiger partial charge in [0.2, 0.25) is 10.0 Å². The highest BCUT2D eigenvalue weighted by Gasteiger charge is 2.31. The second-order valence-corrected chi connectivity index (χ2v) is 10.7. The molecule has 0 radical (unpaired) electrons. The van der Waals surface area contributed by atoms with Gasteiger partial charge in [0, 0.05) is 38.2 Å². The van der Waals surface area contributed by atoms with Gasteiger partial charge in [-0.3, -0.25) is 14.4 Å². The molecule has 0 unspecified atom stereocenters. The Balaban J connectivity index is 1.36. The lowest BCUT2D eigenvalue weighted by Gasteiger charge is -2.34. The van der Waals surface area contributed by atoms with Crippen molar-refractivity contribution < 1.29 is 32.3 Å². The zero-order valence-corrected chi connectivity index (χ0v) is 21.7. The van der Waals surface area contributed by atoms with Crippen molar-refractivity contribution in [2.75, 3.05) is 39.4 Å². The zero-order valence-electron chi connectivity index (χ0n) is 20.9. The predicted octanol–water partition coefficient (Wildman–Crippen LogP) is 2.74. The van der Waals surface area contributed by atoms with E-state index in [9.17, 15) is 22.8 Å². The fourth-order valence-corrected chi connectivity index (χ4v) is 5.53. The van der Waals surface area contributed by atoms with Crippen molar-refractivity contribution in [2.45, 2.75) is 38.5 Å². The largest absolute Gasteiger partial charge is 0.494 e. The number of carbonyl (C=O) groups excluding carboxylic acids is 3. The molecule has 194 valence electrons. The molecule has 1 saturated heterocycles. The summed E-state index contributed by atoms with van der Waals surface area (Å²) < 4.78 is 38.0. The van der Waals surface area contributed by atoms with E-state index in [1.54, 1.807) is 43.3 Å². The first-order valence-electron chi connectivity index (χ1n) is 11.8. The highest BCUT2D eigenvalue weighted by molar-refractivity contribution is 7.89. The quantitative estimate of drug-likeness (QED) is 0.271. The Labute approximate surface area is 212 Å². The number of esters is 1. The number of sulfonamides is 1. The first kappa shape index (κ1) is 27.3. The van der Waals surface area contributed by atoms with Crippen LogP contribution in [-0.2, 0) is 24.3 Å². The number of carbonyl (C=O) groups is 3. The van der Waals surface area contributed by atoms with Gasteiger partial charge in [0.05, 0.1) is 11.5 Å². The molecule has 0 bridgehead atoms. The van der Waals surface area contributed by atoms with E-state index in [2.05, 4.69) is 0 Å². The Morgan fingerprint density at radius 3 is 2.22 bits per heavy atom. The third kappa shape index (κ3) is 7.14. The van der Waals surface area contributed by atoms with E-state index in [0.717, 1.165) is 5.56 Å². The molecule has 0 saturated carbocycles. The summed E-state index contributed by atoms with van der Waals surface area (Å²) in [5.74, 6) is -0.283. The number of amides is 1. The van der Waals surface area contributed by atoms with E-state index >= 15 is 0 Å². The van der Waals surface area contributed by atoms with Crippen LogP contribution in [0.5, 0.6) is 5.75 Å². The lowest BCUT2D eigenvalue weighted by molar-refractivity contribution is -0.152. The molecule has 0 spiro atoms. The summed E-state index contributed by atoms with van der Waals surface area (Å²) in [4.78, 5) is 37.5. The molecule has 1 amide bonds. The van der Waals surface area contributed by atoms with Crippen LogP contribution >= 0.6 is 0 Å². The van der Waals surface area contributed by atoms with E-state index in [-0.39, 0.29) is 55.8 Å². The molecular weight excluding hydrogens is 484 g/mol. The average Bonchev–Trinajstić information content (AvgIpc) is 2.85. The molecule has 0 atom stereocenters. The fourth-order valence-electron chi connectivity index (χ4n) is 3.90. The lowest BCUT2D eigenvalue weighted by atomic mass is 10.1. The van der Waals surface area contributed by atoms with E-state index in [0.29, 0.717) is 29.9 Å². The predicted molar refractivity (Wildman–Crippen MR) is 133 cm³/mol. The number of ketones is 1. The number of ether oxygens (including phenoxy) is 2. The van der Waals surface area contributed by atoms with Crippen LogP contribution in [0.3, 0.4) is 0 Å². The monoisotopic (exact) mass is 516 g/mol. The highest BCUT2D eigenvalue weighted by Crippen LogP contribution is 2.22. The molecule has 36 heavy (non-hydrogen) atoms. The molecule has 2 aromatic rings. The molecule has 9 nitrogen and oxygen atoms in total. The molecule has 10 heteroatoms. The summed E-state index contributed by atoms with van der Waals surface area (Å²) in [5.41, 5.74) is 2.28. The standard InChI is InChI=1S/C26H32N2O7S/c1-19-6-11-24(20(2)17-19)36(32,33)28-14-12-27(13-15-28)25(30)18-35-26(31)5-4-16-34-23-9-7-22(8-10-23)21(3)29/h6-11,17H,4-5,12-16,18H2,1-3H3. The number of rotatable bonds is 10. The van der Waals surface area contributed by atoms with Crippen molar-refractivity contribution in [2.24, 2.45) is 0 Å². The lowest BCUT2D eigenvalue weighted by Crippen LogP contribution is -2.51. The Morgan fingerprint density at radius 1 is 0.944 bits per heavy atom. The van der Waals surface area contributed by atoms with Crippen LogP contribution in [-0.4, -0.2) is 74.7 Å². The summed E-state index contributed by atoms with van der Waals surface area (Å²) in [6, 6.07) is 12.0. The number of benzene rings is 2. The normalized spacial score (nSPS) is 14.4.